The molecule has 1 aliphatic heterocycles. The molecule has 0 unspecified atom stereocenters. The fourth-order valence-corrected chi connectivity index (χ4v) is 2.56. The summed E-state index contributed by atoms with van der Waals surface area (Å²) in [6, 6.07) is 8.28. The average Bonchev–Trinajstić information content (AvgIpc) is 2.47. The molecule has 1 heterocycles. The summed E-state index contributed by atoms with van der Waals surface area (Å²) in [5.74, 6) is 0.918. The predicted molar refractivity (Wildman–Crippen MR) is 95.2 cm³/mol. The van der Waals surface area contributed by atoms with Crippen molar-refractivity contribution in [3.8, 4) is 5.75 Å². The Kier molecular flexibility index (Phi) is 8.37. The van der Waals surface area contributed by atoms with Crippen molar-refractivity contribution in [3.05, 3.63) is 29.8 Å². The number of halogens is 1. The van der Waals surface area contributed by atoms with Crippen molar-refractivity contribution in [2.24, 2.45) is 0 Å². The molecule has 1 fully saturated rings. The van der Waals surface area contributed by atoms with Gasteiger partial charge in [0.25, 0.3) is 0 Å². The Bertz CT molecular complexity index is 496. The molecule has 1 aromatic carbocycles. The van der Waals surface area contributed by atoms with Crippen LogP contribution in [0.1, 0.15) is 26.3 Å². The average molecular weight is 342 g/mol. The van der Waals surface area contributed by atoms with E-state index in [9.17, 15) is 4.79 Å². The highest BCUT2D eigenvalue weighted by molar-refractivity contribution is 5.85. The van der Waals surface area contributed by atoms with Gasteiger partial charge in [0, 0.05) is 32.2 Å². The lowest BCUT2D eigenvalue weighted by atomic mass is 10.2. The molecule has 0 radical (unpaired) electrons. The molecule has 5 nitrogen and oxygen atoms in total. The first kappa shape index (κ1) is 19.7. The Morgan fingerprint density at radius 2 is 2.26 bits per heavy atom. The highest BCUT2D eigenvalue weighted by Gasteiger charge is 2.19. The lowest BCUT2D eigenvalue weighted by Crippen LogP contribution is -2.52. The number of piperazine rings is 1. The van der Waals surface area contributed by atoms with Crippen LogP contribution in [-0.4, -0.2) is 49.1 Å². The van der Waals surface area contributed by atoms with Gasteiger partial charge >= 0.3 is 0 Å². The molecule has 2 rings (SSSR count). The van der Waals surface area contributed by atoms with Crippen LogP contribution in [0.5, 0.6) is 5.75 Å². The van der Waals surface area contributed by atoms with Gasteiger partial charge in [0.05, 0.1) is 12.6 Å². The van der Waals surface area contributed by atoms with Crippen LogP contribution < -0.4 is 15.4 Å². The van der Waals surface area contributed by atoms with E-state index in [4.69, 9.17) is 4.74 Å². The van der Waals surface area contributed by atoms with Gasteiger partial charge < -0.3 is 15.4 Å². The fraction of sp³-hybridized carbons (Fsp3) is 0.588. The van der Waals surface area contributed by atoms with Gasteiger partial charge in [-0.1, -0.05) is 12.1 Å². The number of carbonyl (C=O) groups is 1. The van der Waals surface area contributed by atoms with E-state index in [1.807, 2.05) is 38.1 Å². The standard InChI is InChI=1S/C17H27N3O2.ClH/c1-13(2)22-16-6-4-5-15(9-16)11-19-17(21)12-20-8-7-18-10-14(20)3;/h4-6,9,13-14,18H,7-8,10-12H2,1-3H3,(H,19,21);1H/t14-;/m1./s1. The molecular weight excluding hydrogens is 314 g/mol. The van der Waals surface area contributed by atoms with Crippen LogP contribution in [0.25, 0.3) is 0 Å². The van der Waals surface area contributed by atoms with E-state index in [-0.39, 0.29) is 24.4 Å². The minimum absolute atomic E-state index is 0. The second-order valence-corrected chi connectivity index (χ2v) is 6.11. The molecule has 0 aromatic heterocycles. The number of hydrogen-bond acceptors (Lipinski definition) is 4. The third-order valence-corrected chi connectivity index (χ3v) is 3.75. The van der Waals surface area contributed by atoms with Gasteiger partial charge in [0.1, 0.15) is 5.75 Å². The number of rotatable bonds is 6. The van der Waals surface area contributed by atoms with Crippen molar-refractivity contribution < 1.29 is 9.53 Å². The van der Waals surface area contributed by atoms with Crippen LogP contribution in [0, 0.1) is 0 Å². The van der Waals surface area contributed by atoms with Gasteiger partial charge in [0.2, 0.25) is 5.91 Å². The Hall–Kier alpha value is -1.30. The van der Waals surface area contributed by atoms with E-state index in [0.29, 0.717) is 19.1 Å². The molecule has 0 bridgehead atoms. The monoisotopic (exact) mass is 341 g/mol. The molecular formula is C17H28ClN3O2. The summed E-state index contributed by atoms with van der Waals surface area (Å²) in [6.45, 7) is 9.97. The molecule has 1 atom stereocenters. The zero-order valence-corrected chi connectivity index (χ0v) is 15.0. The maximum absolute atomic E-state index is 12.1. The predicted octanol–water partition coefficient (Wildman–Crippen LogP) is 1.81. The first-order valence-electron chi connectivity index (χ1n) is 8.01. The highest BCUT2D eigenvalue weighted by Crippen LogP contribution is 2.14. The van der Waals surface area contributed by atoms with Crippen LogP contribution in [-0.2, 0) is 11.3 Å². The molecule has 6 heteroatoms. The van der Waals surface area contributed by atoms with Crippen molar-refractivity contribution in [1.29, 1.82) is 0 Å². The van der Waals surface area contributed by atoms with E-state index < -0.39 is 0 Å². The van der Waals surface area contributed by atoms with E-state index in [2.05, 4.69) is 22.5 Å². The van der Waals surface area contributed by atoms with Gasteiger partial charge in [-0.3, -0.25) is 9.69 Å². The maximum atomic E-state index is 12.1. The summed E-state index contributed by atoms with van der Waals surface area (Å²) < 4.78 is 5.67. The van der Waals surface area contributed by atoms with Crippen molar-refractivity contribution in [2.75, 3.05) is 26.2 Å². The molecule has 0 aliphatic carbocycles. The second kappa shape index (κ2) is 9.75. The normalized spacial score (nSPS) is 18.3. The molecule has 2 N–H and O–H groups in total. The number of amides is 1. The molecule has 0 saturated carbocycles. The number of ether oxygens (including phenoxy) is 1. The number of benzene rings is 1. The zero-order chi connectivity index (χ0) is 15.9. The molecule has 1 saturated heterocycles. The number of hydrogen-bond donors (Lipinski definition) is 2. The number of carbonyl (C=O) groups excluding carboxylic acids is 1. The van der Waals surface area contributed by atoms with E-state index in [1.165, 1.54) is 0 Å². The Balaban J connectivity index is 0.00000264. The second-order valence-electron chi connectivity index (χ2n) is 6.11. The summed E-state index contributed by atoms with van der Waals surface area (Å²) in [4.78, 5) is 14.3. The first-order chi connectivity index (χ1) is 10.5. The third-order valence-electron chi connectivity index (χ3n) is 3.75. The van der Waals surface area contributed by atoms with Crippen molar-refractivity contribution >= 4 is 18.3 Å². The minimum Gasteiger partial charge on any atom is -0.491 e. The van der Waals surface area contributed by atoms with Gasteiger partial charge in [-0.05, 0) is 38.5 Å². The summed E-state index contributed by atoms with van der Waals surface area (Å²) in [6.07, 6.45) is 0.152. The molecule has 1 aliphatic rings. The largest absolute Gasteiger partial charge is 0.491 e. The molecule has 23 heavy (non-hydrogen) atoms. The van der Waals surface area contributed by atoms with E-state index in [0.717, 1.165) is 30.9 Å². The van der Waals surface area contributed by atoms with Crippen LogP contribution in [0.3, 0.4) is 0 Å². The molecule has 0 spiro atoms. The van der Waals surface area contributed by atoms with Gasteiger partial charge in [0.15, 0.2) is 0 Å². The number of nitrogens with one attached hydrogen (secondary N) is 2. The van der Waals surface area contributed by atoms with Crippen LogP contribution in [0.15, 0.2) is 24.3 Å². The Labute approximate surface area is 145 Å². The van der Waals surface area contributed by atoms with E-state index in [1.54, 1.807) is 0 Å². The van der Waals surface area contributed by atoms with Crippen molar-refractivity contribution in [1.82, 2.24) is 15.5 Å². The smallest absolute Gasteiger partial charge is 0.234 e. The van der Waals surface area contributed by atoms with E-state index >= 15 is 0 Å². The molecule has 130 valence electrons. The Morgan fingerprint density at radius 1 is 1.48 bits per heavy atom. The van der Waals surface area contributed by atoms with Crippen LogP contribution in [0.2, 0.25) is 0 Å². The summed E-state index contributed by atoms with van der Waals surface area (Å²) >= 11 is 0. The molecule has 1 amide bonds. The fourth-order valence-electron chi connectivity index (χ4n) is 2.56. The topological polar surface area (TPSA) is 53.6 Å². The summed E-state index contributed by atoms with van der Waals surface area (Å²) in [5.41, 5.74) is 1.06. The first-order valence-corrected chi connectivity index (χ1v) is 8.01. The Morgan fingerprint density at radius 3 is 2.96 bits per heavy atom. The van der Waals surface area contributed by atoms with Crippen LogP contribution in [0.4, 0.5) is 0 Å². The molecule has 1 aromatic rings. The van der Waals surface area contributed by atoms with Crippen molar-refractivity contribution in [3.63, 3.8) is 0 Å². The van der Waals surface area contributed by atoms with Gasteiger partial charge in [-0.15, -0.1) is 12.4 Å². The highest BCUT2D eigenvalue weighted by atomic mass is 35.5. The third kappa shape index (κ3) is 6.77. The SMILES string of the molecule is CC(C)Oc1cccc(CNC(=O)CN2CCNC[C@H]2C)c1.Cl. The van der Waals surface area contributed by atoms with Crippen LogP contribution >= 0.6 is 12.4 Å². The quantitative estimate of drug-likeness (QED) is 0.828. The van der Waals surface area contributed by atoms with Gasteiger partial charge in [-0.2, -0.15) is 0 Å². The lowest BCUT2D eigenvalue weighted by Gasteiger charge is -2.33. The zero-order valence-electron chi connectivity index (χ0n) is 14.2. The summed E-state index contributed by atoms with van der Waals surface area (Å²) in [7, 11) is 0. The number of nitrogens with zero attached hydrogens (tertiary/aromatic N) is 1. The van der Waals surface area contributed by atoms with Crippen molar-refractivity contribution in [2.45, 2.75) is 39.5 Å². The summed E-state index contributed by atoms with van der Waals surface area (Å²) in [5, 5.41) is 6.32. The minimum atomic E-state index is 0. The lowest BCUT2D eigenvalue weighted by molar-refractivity contribution is -0.123. The van der Waals surface area contributed by atoms with Gasteiger partial charge in [-0.25, -0.2) is 0 Å². The maximum Gasteiger partial charge on any atom is 0.234 e.